The summed E-state index contributed by atoms with van der Waals surface area (Å²) in [5.74, 6) is -0.456. The normalized spacial score (nSPS) is 19.1. The fraction of sp³-hybridized carbons (Fsp3) is 0.556. The van der Waals surface area contributed by atoms with Crippen molar-refractivity contribution >= 4 is 51.8 Å². The summed E-state index contributed by atoms with van der Waals surface area (Å²) >= 11 is 1.45. The van der Waals surface area contributed by atoms with E-state index < -0.39 is 5.92 Å². The average Bonchev–Trinajstić information content (AvgIpc) is 3.09. The molecular weight excluding hydrogens is 522 g/mol. The Morgan fingerprint density at radius 2 is 1.79 bits per heavy atom. The fourth-order valence-corrected chi connectivity index (χ4v) is 5.62. The van der Waals surface area contributed by atoms with E-state index in [1.807, 2.05) is 6.07 Å². The molecule has 210 valence electrons. The summed E-state index contributed by atoms with van der Waals surface area (Å²) in [5, 5.41) is 13.5. The van der Waals surface area contributed by atoms with E-state index in [1.165, 1.54) is 24.7 Å². The van der Waals surface area contributed by atoms with Gasteiger partial charge in [-0.3, -0.25) is 0 Å². The fourth-order valence-electron chi connectivity index (χ4n) is 5.14. The molecule has 9 nitrogen and oxygen atoms in total. The monoisotopic (exact) mass is 558 g/mol. The van der Waals surface area contributed by atoms with E-state index in [-0.39, 0.29) is 38.0 Å². The lowest BCUT2D eigenvalue weighted by Crippen LogP contribution is -2.40. The molecular formula is C27H36F2N8OS. The molecule has 2 aliphatic rings. The van der Waals surface area contributed by atoms with E-state index in [0.29, 0.717) is 23.3 Å². The summed E-state index contributed by atoms with van der Waals surface area (Å²) in [6.45, 7) is 7.02. The Morgan fingerprint density at radius 3 is 2.59 bits per heavy atom. The lowest BCUT2D eigenvalue weighted by Gasteiger charge is -2.31. The van der Waals surface area contributed by atoms with Crippen LogP contribution in [0.2, 0.25) is 0 Å². The molecule has 3 aromatic rings. The van der Waals surface area contributed by atoms with Crippen LogP contribution >= 0.6 is 11.9 Å². The number of aromatic nitrogens is 4. The number of hydrogen-bond acceptors (Lipinski definition) is 10. The van der Waals surface area contributed by atoms with E-state index in [9.17, 15) is 13.9 Å². The highest BCUT2D eigenvalue weighted by Crippen LogP contribution is 2.39. The minimum absolute atomic E-state index is 0.0936. The maximum absolute atomic E-state index is 13.7. The summed E-state index contributed by atoms with van der Waals surface area (Å²) in [4.78, 5) is 22.4. The van der Waals surface area contributed by atoms with Gasteiger partial charge in [-0.1, -0.05) is 25.8 Å². The Balaban J connectivity index is 1.48. The molecule has 39 heavy (non-hydrogen) atoms. The van der Waals surface area contributed by atoms with Gasteiger partial charge in [-0.25, -0.2) is 23.7 Å². The summed E-state index contributed by atoms with van der Waals surface area (Å²) in [6.07, 6.45) is 6.09. The van der Waals surface area contributed by atoms with Crippen LogP contribution in [0.4, 0.5) is 37.7 Å². The predicted octanol–water partition coefficient (Wildman–Crippen LogP) is 5.47. The van der Waals surface area contributed by atoms with Crippen LogP contribution in [-0.2, 0) is 0 Å². The number of nitrogens with one attached hydrogen (secondary N) is 2. The van der Waals surface area contributed by atoms with Crippen LogP contribution in [0.5, 0.6) is 0 Å². The van der Waals surface area contributed by atoms with Crippen molar-refractivity contribution in [2.75, 3.05) is 58.4 Å². The topological polar surface area (TPSA) is 102 Å². The van der Waals surface area contributed by atoms with Gasteiger partial charge in [0.2, 0.25) is 5.95 Å². The van der Waals surface area contributed by atoms with Crippen molar-refractivity contribution < 1.29 is 13.9 Å². The summed E-state index contributed by atoms with van der Waals surface area (Å²) in [5.41, 5.74) is 3.02. The number of anilines is 5. The maximum Gasteiger partial charge on any atom is 0.251 e. The largest absolute Gasteiger partial charge is 0.395 e. The highest BCUT2D eigenvalue weighted by Gasteiger charge is 2.35. The maximum atomic E-state index is 13.7. The molecule has 3 N–H and O–H groups in total. The lowest BCUT2D eigenvalue weighted by molar-refractivity contribution is -0.0222. The Labute approximate surface area is 232 Å². The van der Waals surface area contributed by atoms with Gasteiger partial charge in [-0.2, -0.15) is 4.98 Å². The first-order chi connectivity index (χ1) is 18.7. The smallest absolute Gasteiger partial charge is 0.251 e. The third kappa shape index (κ3) is 6.78. The molecule has 0 atom stereocenters. The van der Waals surface area contributed by atoms with Crippen molar-refractivity contribution in [3.63, 3.8) is 0 Å². The zero-order chi connectivity index (χ0) is 27.5. The second kappa shape index (κ2) is 11.6. The Morgan fingerprint density at radius 1 is 1.00 bits per heavy atom. The summed E-state index contributed by atoms with van der Waals surface area (Å²) in [7, 11) is 0. The van der Waals surface area contributed by atoms with Gasteiger partial charge in [0, 0.05) is 56.7 Å². The third-order valence-corrected chi connectivity index (χ3v) is 8.22. The van der Waals surface area contributed by atoms with E-state index in [1.54, 1.807) is 17.2 Å². The SMILES string of the molecule is CC1(C)CCCN(c2cc(NSCCO)cc3ncnc(Nc4ccnc(N5CCC(F)(F)CC5)n4)c23)CC1. The molecule has 0 amide bonds. The van der Waals surface area contributed by atoms with E-state index in [4.69, 9.17) is 0 Å². The molecule has 1 aromatic carbocycles. The minimum atomic E-state index is -2.63. The number of alkyl halides is 2. The number of nitrogens with zero attached hydrogens (tertiary/aromatic N) is 6. The van der Waals surface area contributed by atoms with Crippen molar-refractivity contribution in [1.29, 1.82) is 0 Å². The summed E-state index contributed by atoms with van der Waals surface area (Å²) < 4.78 is 30.7. The highest BCUT2D eigenvalue weighted by atomic mass is 32.2. The molecule has 2 aliphatic heterocycles. The molecule has 12 heteroatoms. The molecule has 4 heterocycles. The van der Waals surface area contributed by atoms with Gasteiger partial charge in [0.05, 0.1) is 23.2 Å². The first-order valence-corrected chi connectivity index (χ1v) is 14.5. The molecule has 0 saturated carbocycles. The number of rotatable bonds is 8. The zero-order valence-corrected chi connectivity index (χ0v) is 23.3. The number of piperidine rings is 1. The predicted molar refractivity (Wildman–Crippen MR) is 154 cm³/mol. The minimum Gasteiger partial charge on any atom is -0.395 e. The van der Waals surface area contributed by atoms with Crippen LogP contribution in [0.1, 0.15) is 46.0 Å². The van der Waals surface area contributed by atoms with Crippen molar-refractivity contribution in [1.82, 2.24) is 19.9 Å². The molecule has 5 rings (SSSR count). The molecule has 2 aromatic heterocycles. The van der Waals surface area contributed by atoms with Gasteiger partial charge in [-0.15, -0.1) is 0 Å². The highest BCUT2D eigenvalue weighted by molar-refractivity contribution is 8.00. The zero-order valence-electron chi connectivity index (χ0n) is 22.5. The first kappa shape index (κ1) is 27.6. The van der Waals surface area contributed by atoms with E-state index >= 15 is 0 Å². The Kier molecular flexibility index (Phi) is 8.22. The number of aliphatic hydroxyl groups excluding tert-OH is 1. The number of benzene rings is 1. The molecule has 2 fully saturated rings. The first-order valence-electron chi connectivity index (χ1n) is 13.5. The molecule has 0 bridgehead atoms. The number of halogens is 2. The van der Waals surface area contributed by atoms with E-state index in [2.05, 4.69) is 54.8 Å². The van der Waals surface area contributed by atoms with Crippen molar-refractivity contribution in [2.24, 2.45) is 5.41 Å². The van der Waals surface area contributed by atoms with Crippen molar-refractivity contribution in [3.05, 3.63) is 30.7 Å². The Bertz CT molecular complexity index is 1280. The van der Waals surface area contributed by atoms with Crippen LogP contribution in [0.15, 0.2) is 30.7 Å². The van der Waals surface area contributed by atoms with Crippen LogP contribution in [0, 0.1) is 5.41 Å². The van der Waals surface area contributed by atoms with Crippen LogP contribution in [0.3, 0.4) is 0 Å². The third-order valence-electron chi connectivity index (χ3n) is 7.45. The van der Waals surface area contributed by atoms with E-state index in [0.717, 1.165) is 48.2 Å². The van der Waals surface area contributed by atoms with Crippen LogP contribution in [-0.4, -0.2) is 69.5 Å². The van der Waals surface area contributed by atoms with Gasteiger partial charge in [0.15, 0.2) is 0 Å². The number of aliphatic hydroxyl groups is 1. The van der Waals surface area contributed by atoms with Crippen LogP contribution in [0.25, 0.3) is 10.9 Å². The molecule has 0 radical (unpaired) electrons. The van der Waals surface area contributed by atoms with Crippen molar-refractivity contribution in [3.8, 4) is 0 Å². The lowest BCUT2D eigenvalue weighted by atomic mass is 9.85. The second-order valence-electron chi connectivity index (χ2n) is 11.0. The average molecular weight is 559 g/mol. The molecule has 0 unspecified atom stereocenters. The van der Waals surface area contributed by atoms with Gasteiger partial charge in [-0.05, 0) is 42.9 Å². The van der Waals surface area contributed by atoms with Gasteiger partial charge >= 0.3 is 0 Å². The molecule has 2 saturated heterocycles. The van der Waals surface area contributed by atoms with Crippen LogP contribution < -0.4 is 19.8 Å². The van der Waals surface area contributed by atoms with Gasteiger partial charge < -0.3 is 24.9 Å². The summed E-state index contributed by atoms with van der Waals surface area (Å²) in [6, 6.07) is 5.86. The van der Waals surface area contributed by atoms with Gasteiger partial charge in [0.1, 0.15) is 18.0 Å². The molecule has 0 aliphatic carbocycles. The Hall–Kier alpha value is -2.99. The second-order valence-corrected chi connectivity index (χ2v) is 11.9. The standard InChI is InChI=1S/C27H36F2N8OS/c1-26(2)5-3-10-36(11-6-26)21-17-19(35-39-15-14-38)16-20-23(21)24(32-18-31-20)33-22-4-9-30-25(34-22)37-12-7-27(28,29)8-13-37/h4,9,16-18,35,38H,3,5-8,10-15H2,1-2H3,(H,30,31,32,33,34). The molecule has 0 spiro atoms. The number of hydrogen-bond donors (Lipinski definition) is 3. The van der Waals surface area contributed by atoms with Crippen molar-refractivity contribution in [2.45, 2.75) is 51.9 Å². The number of fused-ring (bicyclic) bond motifs is 1. The quantitative estimate of drug-likeness (QED) is 0.244. The van der Waals surface area contributed by atoms with Gasteiger partial charge in [0.25, 0.3) is 5.92 Å².